The zero-order chi connectivity index (χ0) is 20.7. The van der Waals surface area contributed by atoms with E-state index in [-0.39, 0.29) is 29.9 Å². The van der Waals surface area contributed by atoms with Gasteiger partial charge in [0.15, 0.2) is 0 Å². The monoisotopic (exact) mass is 442 g/mol. The SMILES string of the molecule is CNC(=O)C(C)N(Cc1ccc(Cl)cc1Cl)C(=O)CSCc1ccc(F)cc1. The predicted octanol–water partition coefficient (Wildman–Crippen LogP) is 4.53. The van der Waals surface area contributed by atoms with Crippen LogP contribution in [-0.2, 0) is 21.9 Å². The molecule has 0 aromatic heterocycles. The zero-order valence-electron chi connectivity index (χ0n) is 15.5. The van der Waals surface area contributed by atoms with Crippen molar-refractivity contribution in [1.82, 2.24) is 10.2 Å². The maximum absolute atomic E-state index is 13.0. The van der Waals surface area contributed by atoms with Gasteiger partial charge in [0.05, 0.1) is 5.75 Å². The minimum absolute atomic E-state index is 0.184. The number of thioether (sulfide) groups is 1. The molecular weight excluding hydrogens is 422 g/mol. The summed E-state index contributed by atoms with van der Waals surface area (Å²) in [5.41, 5.74) is 1.63. The second-order valence-corrected chi connectivity index (χ2v) is 8.00. The number of halogens is 3. The summed E-state index contributed by atoms with van der Waals surface area (Å²) in [4.78, 5) is 26.4. The summed E-state index contributed by atoms with van der Waals surface area (Å²) < 4.78 is 13.0. The molecule has 2 rings (SSSR count). The van der Waals surface area contributed by atoms with Crippen LogP contribution in [0.1, 0.15) is 18.1 Å². The van der Waals surface area contributed by atoms with Crippen LogP contribution >= 0.6 is 35.0 Å². The lowest BCUT2D eigenvalue weighted by Crippen LogP contribution is -2.47. The molecule has 0 radical (unpaired) electrons. The summed E-state index contributed by atoms with van der Waals surface area (Å²) in [7, 11) is 1.53. The molecule has 150 valence electrons. The Morgan fingerprint density at radius 3 is 2.46 bits per heavy atom. The normalized spacial score (nSPS) is 11.8. The molecule has 2 aromatic rings. The first-order chi connectivity index (χ1) is 13.3. The number of amides is 2. The van der Waals surface area contributed by atoms with Gasteiger partial charge in [-0.25, -0.2) is 4.39 Å². The van der Waals surface area contributed by atoms with Crippen molar-refractivity contribution in [2.45, 2.75) is 25.3 Å². The maximum Gasteiger partial charge on any atom is 0.242 e. The molecular formula is C20H21Cl2FN2O2S. The first-order valence-corrected chi connectivity index (χ1v) is 10.5. The molecule has 0 aliphatic carbocycles. The first-order valence-electron chi connectivity index (χ1n) is 8.59. The smallest absolute Gasteiger partial charge is 0.242 e. The summed E-state index contributed by atoms with van der Waals surface area (Å²) >= 11 is 13.6. The summed E-state index contributed by atoms with van der Waals surface area (Å²) in [6.07, 6.45) is 0. The summed E-state index contributed by atoms with van der Waals surface area (Å²) in [5.74, 6) is 0.00581. The van der Waals surface area contributed by atoms with Gasteiger partial charge < -0.3 is 10.2 Å². The fraction of sp³-hybridized carbons (Fsp3) is 0.300. The molecule has 0 bridgehead atoms. The van der Waals surface area contributed by atoms with Crippen LogP contribution in [0.25, 0.3) is 0 Å². The van der Waals surface area contributed by atoms with Crippen LogP contribution in [0.3, 0.4) is 0 Å². The number of likely N-dealkylation sites (N-methyl/N-ethyl adjacent to an activating group) is 1. The third kappa shape index (κ3) is 6.40. The first kappa shape index (κ1) is 22.5. The minimum atomic E-state index is -0.657. The second kappa shape index (κ2) is 10.7. The fourth-order valence-electron chi connectivity index (χ4n) is 2.54. The highest BCUT2D eigenvalue weighted by Gasteiger charge is 2.26. The van der Waals surface area contributed by atoms with E-state index in [1.54, 1.807) is 37.3 Å². The van der Waals surface area contributed by atoms with E-state index in [0.29, 0.717) is 21.4 Å². The van der Waals surface area contributed by atoms with Crippen LogP contribution in [0.2, 0.25) is 10.0 Å². The molecule has 0 fully saturated rings. The molecule has 2 amide bonds. The Balaban J connectivity index is 2.07. The molecule has 0 saturated carbocycles. The number of benzene rings is 2. The van der Waals surface area contributed by atoms with Crippen molar-refractivity contribution in [3.63, 3.8) is 0 Å². The van der Waals surface area contributed by atoms with E-state index in [9.17, 15) is 14.0 Å². The number of carbonyl (C=O) groups is 2. The van der Waals surface area contributed by atoms with Crippen molar-refractivity contribution >= 4 is 46.8 Å². The fourth-order valence-corrected chi connectivity index (χ4v) is 3.88. The van der Waals surface area contributed by atoms with Gasteiger partial charge in [-0.1, -0.05) is 41.4 Å². The lowest BCUT2D eigenvalue weighted by Gasteiger charge is -2.28. The van der Waals surface area contributed by atoms with E-state index in [2.05, 4.69) is 5.32 Å². The van der Waals surface area contributed by atoms with Crippen LogP contribution in [0.15, 0.2) is 42.5 Å². The van der Waals surface area contributed by atoms with Crippen LogP contribution in [-0.4, -0.2) is 35.6 Å². The molecule has 1 atom stereocenters. The number of carbonyl (C=O) groups excluding carboxylic acids is 2. The average Bonchev–Trinajstić information content (AvgIpc) is 2.67. The molecule has 28 heavy (non-hydrogen) atoms. The third-order valence-corrected chi connectivity index (χ3v) is 5.75. The molecule has 4 nitrogen and oxygen atoms in total. The standard InChI is InChI=1S/C20H21Cl2FN2O2S/c1-13(20(27)24-2)25(10-15-5-6-16(21)9-18(15)22)19(26)12-28-11-14-3-7-17(23)8-4-14/h3-9,13H,10-12H2,1-2H3,(H,24,27). The number of rotatable bonds is 8. The Kier molecular flexibility index (Phi) is 8.60. The minimum Gasteiger partial charge on any atom is -0.357 e. The van der Waals surface area contributed by atoms with Gasteiger partial charge in [-0.05, 0) is 42.3 Å². The quantitative estimate of drug-likeness (QED) is 0.653. The third-order valence-electron chi connectivity index (χ3n) is 4.18. The van der Waals surface area contributed by atoms with E-state index in [0.717, 1.165) is 5.56 Å². The highest BCUT2D eigenvalue weighted by atomic mass is 35.5. The summed E-state index contributed by atoms with van der Waals surface area (Å²) in [6.45, 7) is 1.87. The Morgan fingerprint density at radius 2 is 1.86 bits per heavy atom. The van der Waals surface area contributed by atoms with Crippen LogP contribution < -0.4 is 5.32 Å². The van der Waals surface area contributed by atoms with E-state index >= 15 is 0 Å². The van der Waals surface area contributed by atoms with Crippen LogP contribution in [0, 0.1) is 5.82 Å². The molecule has 0 aliphatic heterocycles. The summed E-state index contributed by atoms with van der Waals surface area (Å²) in [5, 5.41) is 3.51. The van der Waals surface area contributed by atoms with E-state index in [1.807, 2.05) is 0 Å². The van der Waals surface area contributed by atoms with Gasteiger partial charge >= 0.3 is 0 Å². The number of hydrogen-bond donors (Lipinski definition) is 1. The highest BCUT2D eigenvalue weighted by molar-refractivity contribution is 7.99. The van der Waals surface area contributed by atoms with Crippen LogP contribution in [0.4, 0.5) is 4.39 Å². The van der Waals surface area contributed by atoms with Crippen molar-refractivity contribution in [1.29, 1.82) is 0 Å². The van der Waals surface area contributed by atoms with Gasteiger partial charge in [0.1, 0.15) is 11.9 Å². The predicted molar refractivity (Wildman–Crippen MR) is 113 cm³/mol. The van der Waals surface area contributed by atoms with Gasteiger partial charge in [-0.15, -0.1) is 11.8 Å². The molecule has 8 heteroatoms. The highest BCUT2D eigenvalue weighted by Crippen LogP contribution is 2.24. The largest absolute Gasteiger partial charge is 0.357 e. The van der Waals surface area contributed by atoms with E-state index in [1.165, 1.54) is 35.8 Å². The molecule has 1 N–H and O–H groups in total. The van der Waals surface area contributed by atoms with E-state index in [4.69, 9.17) is 23.2 Å². The lowest BCUT2D eigenvalue weighted by atomic mass is 10.1. The Morgan fingerprint density at radius 1 is 1.18 bits per heavy atom. The molecule has 0 spiro atoms. The molecule has 0 saturated heterocycles. The van der Waals surface area contributed by atoms with Gasteiger partial charge in [-0.2, -0.15) is 0 Å². The number of hydrogen-bond acceptors (Lipinski definition) is 3. The van der Waals surface area contributed by atoms with E-state index < -0.39 is 6.04 Å². The van der Waals surface area contributed by atoms with Crippen molar-refractivity contribution in [2.75, 3.05) is 12.8 Å². The van der Waals surface area contributed by atoms with Gasteiger partial charge in [0.2, 0.25) is 11.8 Å². The average molecular weight is 443 g/mol. The van der Waals surface area contributed by atoms with Crippen molar-refractivity contribution in [2.24, 2.45) is 0 Å². The molecule has 0 heterocycles. The van der Waals surface area contributed by atoms with Gasteiger partial charge in [-0.3, -0.25) is 9.59 Å². The number of nitrogens with one attached hydrogen (secondary N) is 1. The molecule has 1 unspecified atom stereocenters. The second-order valence-electron chi connectivity index (χ2n) is 6.17. The van der Waals surface area contributed by atoms with Gasteiger partial charge in [0, 0.05) is 29.4 Å². The molecule has 2 aromatic carbocycles. The lowest BCUT2D eigenvalue weighted by molar-refractivity contribution is -0.138. The number of nitrogens with zero attached hydrogens (tertiary/aromatic N) is 1. The summed E-state index contributed by atoms with van der Waals surface area (Å²) in [6, 6.07) is 10.5. The topological polar surface area (TPSA) is 49.4 Å². The van der Waals surface area contributed by atoms with Crippen molar-refractivity contribution in [3.8, 4) is 0 Å². The van der Waals surface area contributed by atoms with Crippen molar-refractivity contribution in [3.05, 3.63) is 69.5 Å². The Labute approximate surface area is 178 Å². The van der Waals surface area contributed by atoms with Crippen molar-refractivity contribution < 1.29 is 14.0 Å². The zero-order valence-corrected chi connectivity index (χ0v) is 17.9. The molecule has 0 aliphatic rings. The maximum atomic E-state index is 13.0. The Hall–Kier alpha value is -1.76. The van der Waals surface area contributed by atoms with Gasteiger partial charge in [0.25, 0.3) is 0 Å². The Bertz CT molecular complexity index is 833. The van der Waals surface area contributed by atoms with Crippen LogP contribution in [0.5, 0.6) is 0 Å².